The SMILES string of the molecule is N#Cc1cccc(-c2nc3[nH]c(=O)ccc3nc2-c2cc(Cl)c3c(c2)NS(=O)(=O)N3)c1. The normalized spacial score (nSPS) is 13.8. The highest BCUT2D eigenvalue weighted by Crippen LogP contribution is 2.41. The number of fused-ring (bicyclic) bond motifs is 2. The molecule has 0 amide bonds. The van der Waals surface area contributed by atoms with Crippen LogP contribution >= 0.6 is 11.6 Å². The molecule has 0 bridgehead atoms. The number of aromatic amines is 1. The number of hydrogen-bond donors (Lipinski definition) is 3. The van der Waals surface area contributed by atoms with Crippen molar-refractivity contribution in [1.82, 2.24) is 15.0 Å². The van der Waals surface area contributed by atoms with Crippen LogP contribution in [0.1, 0.15) is 5.56 Å². The minimum atomic E-state index is -3.73. The first kappa shape index (κ1) is 19.0. The van der Waals surface area contributed by atoms with Gasteiger partial charge in [-0.2, -0.15) is 13.7 Å². The molecule has 9 nitrogen and oxygen atoms in total. The molecule has 0 aliphatic carbocycles. The Morgan fingerprint density at radius 2 is 1.77 bits per heavy atom. The summed E-state index contributed by atoms with van der Waals surface area (Å²) in [6.45, 7) is 0. The molecule has 0 saturated carbocycles. The number of nitrogens with zero attached hydrogens (tertiary/aromatic N) is 3. The summed E-state index contributed by atoms with van der Waals surface area (Å²) >= 11 is 6.33. The number of nitrogens with one attached hydrogen (secondary N) is 3. The molecule has 0 unspecified atom stereocenters. The van der Waals surface area contributed by atoms with Crippen LogP contribution in [0.4, 0.5) is 11.4 Å². The van der Waals surface area contributed by atoms with Gasteiger partial charge in [0.15, 0.2) is 5.65 Å². The van der Waals surface area contributed by atoms with Gasteiger partial charge in [-0.3, -0.25) is 14.2 Å². The molecule has 1 aliphatic rings. The molecular weight excluding hydrogens is 440 g/mol. The fourth-order valence-electron chi connectivity index (χ4n) is 3.34. The van der Waals surface area contributed by atoms with E-state index >= 15 is 0 Å². The van der Waals surface area contributed by atoms with Crippen LogP contribution < -0.4 is 15.0 Å². The van der Waals surface area contributed by atoms with Gasteiger partial charge in [-0.05, 0) is 30.3 Å². The quantitative estimate of drug-likeness (QED) is 0.428. The zero-order chi connectivity index (χ0) is 21.8. The standard InChI is InChI=1S/C20H11ClN6O3S/c21-13-7-12(8-15-19(13)27-31(29,30)26-15)18-17(11-3-1-2-10(6-11)9-22)25-20-14(23-18)4-5-16(28)24-20/h1-8,26-27H,(H,24,25,28). The van der Waals surface area contributed by atoms with Gasteiger partial charge in [-0.25, -0.2) is 9.97 Å². The van der Waals surface area contributed by atoms with E-state index in [9.17, 15) is 18.5 Å². The summed E-state index contributed by atoms with van der Waals surface area (Å²) in [5.74, 6) is 0. The van der Waals surface area contributed by atoms with Crippen LogP contribution in [0, 0.1) is 11.3 Å². The fourth-order valence-corrected chi connectivity index (χ4v) is 4.65. The highest BCUT2D eigenvalue weighted by Gasteiger charge is 2.26. The third-order valence-corrected chi connectivity index (χ3v) is 5.93. The Morgan fingerprint density at radius 1 is 0.968 bits per heavy atom. The summed E-state index contributed by atoms with van der Waals surface area (Å²) in [7, 11) is -3.73. The Balaban J connectivity index is 1.81. The molecule has 1 aliphatic heterocycles. The van der Waals surface area contributed by atoms with Gasteiger partial charge >= 0.3 is 10.2 Å². The minimum absolute atomic E-state index is 0.182. The van der Waals surface area contributed by atoms with Crippen molar-refractivity contribution in [3.63, 3.8) is 0 Å². The molecule has 11 heteroatoms. The highest BCUT2D eigenvalue weighted by atomic mass is 35.5. The number of rotatable bonds is 2. The number of hydrogen-bond acceptors (Lipinski definition) is 6. The molecule has 4 aromatic rings. The van der Waals surface area contributed by atoms with Gasteiger partial charge in [0.05, 0.1) is 39.4 Å². The zero-order valence-electron chi connectivity index (χ0n) is 15.5. The maximum absolute atomic E-state index is 11.9. The lowest BCUT2D eigenvalue weighted by molar-refractivity contribution is 0.607. The Bertz CT molecular complexity index is 1610. The largest absolute Gasteiger partial charge is 0.321 e. The van der Waals surface area contributed by atoms with Crippen molar-refractivity contribution >= 4 is 44.3 Å². The summed E-state index contributed by atoms with van der Waals surface area (Å²) in [6.07, 6.45) is 0. The second kappa shape index (κ2) is 6.80. The van der Waals surface area contributed by atoms with Gasteiger partial charge in [0, 0.05) is 17.2 Å². The van der Waals surface area contributed by atoms with Crippen LogP contribution in [0.15, 0.2) is 53.3 Å². The Hall–Kier alpha value is -3.94. The fraction of sp³-hybridized carbons (Fsp3) is 0. The number of anilines is 2. The Morgan fingerprint density at radius 3 is 2.58 bits per heavy atom. The summed E-state index contributed by atoms with van der Waals surface area (Å²) in [4.78, 5) is 23.6. The molecule has 2 aromatic heterocycles. The molecule has 5 rings (SSSR count). The van der Waals surface area contributed by atoms with Gasteiger partial charge < -0.3 is 4.98 Å². The van der Waals surface area contributed by atoms with E-state index in [1.54, 1.807) is 42.5 Å². The van der Waals surface area contributed by atoms with E-state index in [1.165, 1.54) is 6.07 Å². The van der Waals surface area contributed by atoms with Crippen molar-refractivity contribution in [3.05, 3.63) is 69.5 Å². The van der Waals surface area contributed by atoms with E-state index < -0.39 is 10.2 Å². The maximum Gasteiger partial charge on any atom is 0.321 e. The van der Waals surface area contributed by atoms with Crippen LogP contribution in [0.2, 0.25) is 5.02 Å². The lowest BCUT2D eigenvalue weighted by Crippen LogP contribution is -2.12. The first-order valence-electron chi connectivity index (χ1n) is 8.89. The summed E-state index contributed by atoms with van der Waals surface area (Å²) in [5, 5.41) is 9.45. The summed E-state index contributed by atoms with van der Waals surface area (Å²) in [6, 6.07) is 14.9. The first-order chi connectivity index (χ1) is 14.8. The molecule has 152 valence electrons. The van der Waals surface area contributed by atoms with E-state index in [0.29, 0.717) is 33.6 Å². The third-order valence-electron chi connectivity index (χ3n) is 4.67. The molecule has 0 saturated heterocycles. The topological polar surface area (TPSA) is 141 Å². The number of pyridine rings is 1. The van der Waals surface area contributed by atoms with Gasteiger partial charge in [-0.1, -0.05) is 23.7 Å². The predicted octanol–water partition coefficient (Wildman–Crippen LogP) is 3.26. The van der Waals surface area contributed by atoms with E-state index in [1.807, 2.05) is 0 Å². The lowest BCUT2D eigenvalue weighted by Gasteiger charge is -2.12. The molecule has 0 fully saturated rings. The lowest BCUT2D eigenvalue weighted by atomic mass is 10.0. The Labute approximate surface area is 180 Å². The van der Waals surface area contributed by atoms with E-state index in [2.05, 4.69) is 30.5 Å². The number of benzene rings is 2. The van der Waals surface area contributed by atoms with Crippen molar-refractivity contribution in [2.75, 3.05) is 9.44 Å². The highest BCUT2D eigenvalue weighted by molar-refractivity contribution is 7.94. The van der Waals surface area contributed by atoms with Crippen LogP contribution in [0.25, 0.3) is 33.7 Å². The van der Waals surface area contributed by atoms with Crippen molar-refractivity contribution in [2.45, 2.75) is 0 Å². The average molecular weight is 451 g/mol. The second-order valence-corrected chi connectivity index (χ2v) is 8.58. The molecule has 0 spiro atoms. The van der Waals surface area contributed by atoms with E-state index in [0.717, 1.165) is 0 Å². The molecular formula is C20H11ClN6O3S. The van der Waals surface area contributed by atoms with E-state index in [4.69, 9.17) is 11.6 Å². The van der Waals surface area contributed by atoms with Gasteiger partial charge in [0.2, 0.25) is 5.56 Å². The number of halogens is 1. The molecule has 31 heavy (non-hydrogen) atoms. The Kier molecular flexibility index (Phi) is 4.18. The minimum Gasteiger partial charge on any atom is -0.305 e. The first-order valence-corrected chi connectivity index (χ1v) is 10.8. The summed E-state index contributed by atoms with van der Waals surface area (Å²) in [5.41, 5.74) is 3.26. The molecule has 0 radical (unpaired) electrons. The number of aromatic nitrogens is 3. The maximum atomic E-state index is 11.9. The zero-order valence-corrected chi connectivity index (χ0v) is 17.0. The summed E-state index contributed by atoms with van der Waals surface area (Å²) < 4.78 is 28.5. The number of H-pyrrole nitrogens is 1. The smallest absolute Gasteiger partial charge is 0.305 e. The number of nitriles is 1. The third kappa shape index (κ3) is 3.35. The average Bonchev–Trinajstić information content (AvgIpc) is 3.07. The van der Waals surface area contributed by atoms with Crippen LogP contribution in [-0.2, 0) is 10.2 Å². The van der Waals surface area contributed by atoms with E-state index in [-0.39, 0.29) is 27.6 Å². The van der Waals surface area contributed by atoms with Crippen molar-refractivity contribution in [2.24, 2.45) is 0 Å². The van der Waals surface area contributed by atoms with Crippen LogP contribution in [0.3, 0.4) is 0 Å². The van der Waals surface area contributed by atoms with Crippen LogP contribution in [-0.4, -0.2) is 23.4 Å². The molecule has 3 N–H and O–H groups in total. The van der Waals surface area contributed by atoms with Crippen molar-refractivity contribution < 1.29 is 8.42 Å². The van der Waals surface area contributed by atoms with Crippen molar-refractivity contribution in [1.29, 1.82) is 5.26 Å². The monoisotopic (exact) mass is 450 g/mol. The molecule has 3 heterocycles. The van der Waals surface area contributed by atoms with Gasteiger partial charge in [0.25, 0.3) is 0 Å². The van der Waals surface area contributed by atoms with Gasteiger partial charge in [-0.15, -0.1) is 0 Å². The second-order valence-electron chi connectivity index (χ2n) is 6.76. The molecule has 2 aromatic carbocycles. The predicted molar refractivity (Wildman–Crippen MR) is 117 cm³/mol. The van der Waals surface area contributed by atoms with Crippen molar-refractivity contribution in [3.8, 4) is 28.6 Å². The van der Waals surface area contributed by atoms with Gasteiger partial charge in [0.1, 0.15) is 5.52 Å². The molecule has 0 atom stereocenters. The van der Waals surface area contributed by atoms with Crippen LogP contribution in [0.5, 0.6) is 0 Å².